The van der Waals surface area contributed by atoms with Gasteiger partial charge < -0.3 is 23.9 Å². The zero-order valence-corrected chi connectivity index (χ0v) is 15.2. The van der Waals surface area contributed by atoms with E-state index < -0.39 is 5.97 Å². The molecule has 2 heterocycles. The van der Waals surface area contributed by atoms with E-state index in [1.807, 2.05) is 12.3 Å². The summed E-state index contributed by atoms with van der Waals surface area (Å²) in [4.78, 5) is 12.2. The molecule has 1 aromatic heterocycles. The Morgan fingerprint density at radius 1 is 1.15 bits per heavy atom. The van der Waals surface area contributed by atoms with Gasteiger partial charge >= 0.3 is 5.97 Å². The fourth-order valence-electron chi connectivity index (χ4n) is 2.99. The highest BCUT2D eigenvalue weighted by Gasteiger charge is 2.20. The van der Waals surface area contributed by atoms with Gasteiger partial charge in [-0.15, -0.1) is 0 Å². The average Bonchev–Trinajstić information content (AvgIpc) is 3.29. The second-order valence-electron chi connectivity index (χ2n) is 6.08. The van der Waals surface area contributed by atoms with E-state index in [9.17, 15) is 9.90 Å². The Morgan fingerprint density at radius 3 is 2.56 bits per heavy atom. The number of rotatable bonds is 4. The van der Waals surface area contributed by atoms with E-state index in [0.717, 1.165) is 16.7 Å². The molecule has 6 nitrogen and oxygen atoms in total. The number of hydrogen-bond donors (Lipinski definition) is 1. The second-order valence-corrected chi connectivity index (χ2v) is 6.48. The first-order valence-corrected chi connectivity index (χ1v) is 8.59. The second kappa shape index (κ2) is 6.89. The molecule has 0 spiro atoms. The van der Waals surface area contributed by atoms with Crippen molar-refractivity contribution in [1.29, 1.82) is 0 Å². The lowest BCUT2D eigenvalue weighted by Crippen LogP contribution is -2.10. The summed E-state index contributed by atoms with van der Waals surface area (Å²) in [5.74, 6) is 0.963. The van der Waals surface area contributed by atoms with Crippen LogP contribution in [0, 0.1) is 0 Å². The fourth-order valence-corrected chi connectivity index (χ4v) is 3.21. The number of phenolic OH excluding ortho intramolecular Hbond substituents is 1. The summed E-state index contributed by atoms with van der Waals surface area (Å²) in [5.41, 5.74) is 2.88. The molecule has 1 aliphatic heterocycles. The molecule has 1 aliphatic rings. The molecule has 0 fully saturated rings. The zero-order valence-electron chi connectivity index (χ0n) is 14.4. The first-order valence-electron chi connectivity index (χ1n) is 8.21. The number of methoxy groups -OCH3 is 1. The lowest BCUT2D eigenvalue weighted by molar-refractivity contribution is 0.0589. The van der Waals surface area contributed by atoms with Crippen LogP contribution in [0.25, 0.3) is 11.1 Å². The number of benzene rings is 2. The van der Waals surface area contributed by atoms with Crippen LogP contribution < -0.4 is 9.47 Å². The summed E-state index contributed by atoms with van der Waals surface area (Å²) in [7, 11) is 1.34. The van der Waals surface area contributed by atoms with E-state index in [2.05, 4.69) is 0 Å². The largest absolute Gasteiger partial charge is 0.508 e. The lowest BCUT2D eigenvalue weighted by Gasteiger charge is -2.10. The molecule has 0 unspecified atom stereocenters. The average molecular weight is 386 g/mol. The standard InChI is InChI=1S/C20H16ClNO5/c1-25-20(24)17-6-13(12-2-4-15(23)5-3-12)9-22(17)10-14-7-18-19(8-16(14)21)27-11-26-18/h2-9,23H,10-11H2,1H3. The predicted molar refractivity (Wildman–Crippen MR) is 99.5 cm³/mol. The molecule has 27 heavy (non-hydrogen) atoms. The molecule has 7 heteroatoms. The number of hydrogen-bond acceptors (Lipinski definition) is 5. The first-order chi connectivity index (χ1) is 13.0. The van der Waals surface area contributed by atoms with E-state index in [0.29, 0.717) is 28.8 Å². The first kappa shape index (κ1) is 17.3. The molecule has 138 valence electrons. The van der Waals surface area contributed by atoms with Crippen LogP contribution in [-0.2, 0) is 11.3 Å². The summed E-state index contributed by atoms with van der Waals surface area (Å²) < 4.78 is 17.4. The molecule has 1 N–H and O–H groups in total. The maximum absolute atomic E-state index is 12.2. The smallest absolute Gasteiger partial charge is 0.354 e. The van der Waals surface area contributed by atoms with Crippen molar-refractivity contribution >= 4 is 17.6 Å². The Kier molecular flexibility index (Phi) is 4.41. The zero-order chi connectivity index (χ0) is 19.0. The van der Waals surface area contributed by atoms with E-state index >= 15 is 0 Å². The number of carbonyl (C=O) groups is 1. The molecule has 3 aromatic rings. The highest BCUT2D eigenvalue weighted by atomic mass is 35.5. The highest BCUT2D eigenvalue weighted by Crippen LogP contribution is 2.37. The van der Waals surface area contributed by atoms with Crippen molar-refractivity contribution in [3.63, 3.8) is 0 Å². The summed E-state index contributed by atoms with van der Waals surface area (Å²) in [6, 6.07) is 12.0. The van der Waals surface area contributed by atoms with Crippen LogP contribution in [0.2, 0.25) is 5.02 Å². The van der Waals surface area contributed by atoms with Gasteiger partial charge in [0, 0.05) is 29.4 Å². The van der Waals surface area contributed by atoms with Crippen molar-refractivity contribution in [2.75, 3.05) is 13.9 Å². The quantitative estimate of drug-likeness (QED) is 0.685. The van der Waals surface area contributed by atoms with Gasteiger partial charge in [-0.3, -0.25) is 0 Å². The number of fused-ring (bicyclic) bond motifs is 1. The van der Waals surface area contributed by atoms with Crippen LogP contribution in [-0.4, -0.2) is 29.5 Å². The molecule has 0 aliphatic carbocycles. The lowest BCUT2D eigenvalue weighted by atomic mass is 10.1. The third kappa shape index (κ3) is 3.31. The fraction of sp³-hybridized carbons (Fsp3) is 0.150. The predicted octanol–water partition coefficient (Wildman–Crippen LogP) is 4.08. The Balaban J connectivity index is 1.73. The highest BCUT2D eigenvalue weighted by molar-refractivity contribution is 6.31. The van der Waals surface area contributed by atoms with Crippen LogP contribution in [0.1, 0.15) is 16.1 Å². The third-order valence-corrected chi connectivity index (χ3v) is 4.73. The van der Waals surface area contributed by atoms with Gasteiger partial charge in [0.05, 0.1) is 7.11 Å². The number of phenols is 1. The molecule has 4 rings (SSSR count). The van der Waals surface area contributed by atoms with Gasteiger partial charge in [0.2, 0.25) is 6.79 Å². The number of nitrogens with zero attached hydrogens (tertiary/aromatic N) is 1. The molecule has 0 bridgehead atoms. The van der Waals surface area contributed by atoms with Gasteiger partial charge in [-0.2, -0.15) is 0 Å². The normalized spacial score (nSPS) is 12.2. The van der Waals surface area contributed by atoms with Gasteiger partial charge in [-0.1, -0.05) is 23.7 Å². The van der Waals surface area contributed by atoms with Gasteiger partial charge in [-0.05, 0) is 35.4 Å². The van der Waals surface area contributed by atoms with Crippen LogP contribution >= 0.6 is 11.6 Å². The van der Waals surface area contributed by atoms with Gasteiger partial charge in [0.1, 0.15) is 11.4 Å². The van der Waals surface area contributed by atoms with Gasteiger partial charge in [0.15, 0.2) is 11.5 Å². The minimum Gasteiger partial charge on any atom is -0.508 e. The number of carbonyl (C=O) groups excluding carboxylic acids is 1. The Hall–Kier alpha value is -3.12. The maximum atomic E-state index is 12.2. The van der Waals surface area contributed by atoms with Crippen LogP contribution in [0.4, 0.5) is 0 Å². The molecule has 2 aromatic carbocycles. The molecular formula is C20H16ClNO5. The Morgan fingerprint density at radius 2 is 1.85 bits per heavy atom. The summed E-state index contributed by atoms with van der Waals surface area (Å²) in [6.07, 6.45) is 1.85. The van der Waals surface area contributed by atoms with E-state index in [4.69, 9.17) is 25.8 Å². The molecule has 0 saturated carbocycles. The van der Waals surface area contributed by atoms with Crippen LogP contribution in [0.5, 0.6) is 17.2 Å². The van der Waals surface area contributed by atoms with E-state index in [1.165, 1.54) is 7.11 Å². The molecule has 0 amide bonds. The molecule has 0 atom stereocenters. The summed E-state index contributed by atoms with van der Waals surface area (Å²) in [5, 5.41) is 10.00. The Labute approximate surface area is 160 Å². The van der Waals surface area contributed by atoms with Gasteiger partial charge in [-0.25, -0.2) is 4.79 Å². The number of aromatic nitrogens is 1. The SMILES string of the molecule is COC(=O)c1cc(-c2ccc(O)cc2)cn1Cc1cc2c(cc1Cl)OCO2. The topological polar surface area (TPSA) is 69.9 Å². The molecule has 0 radical (unpaired) electrons. The van der Waals surface area contributed by atoms with Crippen LogP contribution in [0.15, 0.2) is 48.7 Å². The number of halogens is 1. The summed E-state index contributed by atoms with van der Waals surface area (Å²) in [6.45, 7) is 0.523. The minimum absolute atomic E-state index is 0.164. The molecular weight excluding hydrogens is 370 g/mol. The van der Waals surface area contributed by atoms with Crippen molar-refractivity contribution in [3.8, 4) is 28.4 Å². The van der Waals surface area contributed by atoms with E-state index in [1.54, 1.807) is 41.0 Å². The van der Waals surface area contributed by atoms with Crippen molar-refractivity contribution in [1.82, 2.24) is 4.57 Å². The van der Waals surface area contributed by atoms with E-state index in [-0.39, 0.29) is 12.5 Å². The number of ether oxygens (including phenoxy) is 3. The summed E-state index contributed by atoms with van der Waals surface area (Å²) >= 11 is 6.37. The van der Waals surface area contributed by atoms with Crippen molar-refractivity contribution < 1.29 is 24.1 Å². The van der Waals surface area contributed by atoms with Crippen LogP contribution in [0.3, 0.4) is 0 Å². The number of esters is 1. The van der Waals surface area contributed by atoms with Gasteiger partial charge in [0.25, 0.3) is 0 Å². The monoisotopic (exact) mass is 385 g/mol. The number of aromatic hydroxyl groups is 1. The molecule has 0 saturated heterocycles. The van der Waals surface area contributed by atoms with Crippen molar-refractivity contribution in [2.45, 2.75) is 6.54 Å². The van der Waals surface area contributed by atoms with Crippen molar-refractivity contribution in [3.05, 3.63) is 64.9 Å². The Bertz CT molecular complexity index is 1010. The minimum atomic E-state index is -0.447. The van der Waals surface area contributed by atoms with Crippen molar-refractivity contribution in [2.24, 2.45) is 0 Å². The maximum Gasteiger partial charge on any atom is 0.354 e. The third-order valence-electron chi connectivity index (χ3n) is 4.37.